The van der Waals surface area contributed by atoms with Crippen molar-refractivity contribution in [3.8, 4) is 0 Å². The van der Waals surface area contributed by atoms with Gasteiger partial charge in [-0.1, -0.05) is 39.0 Å². The number of carboxylic acids is 1. The van der Waals surface area contributed by atoms with Crippen LogP contribution >= 0.6 is 11.3 Å². The first-order valence-electron chi connectivity index (χ1n) is 9.22. The summed E-state index contributed by atoms with van der Waals surface area (Å²) in [5, 5.41) is 13.0. The van der Waals surface area contributed by atoms with Crippen molar-refractivity contribution in [2.24, 2.45) is 11.8 Å². The summed E-state index contributed by atoms with van der Waals surface area (Å²) in [5.74, 6) is 0.313. The summed E-state index contributed by atoms with van der Waals surface area (Å²) in [6, 6.07) is 0. The smallest absolute Gasteiger partial charge is 0.339 e. The van der Waals surface area contributed by atoms with E-state index in [1.165, 1.54) is 43.4 Å². The monoisotopic (exact) mass is 349 g/mol. The summed E-state index contributed by atoms with van der Waals surface area (Å²) in [5.41, 5.74) is 1.29. The molecule has 2 aliphatic carbocycles. The van der Waals surface area contributed by atoms with Crippen LogP contribution in [0.2, 0.25) is 0 Å². The lowest BCUT2D eigenvalue weighted by Crippen LogP contribution is -2.16. The molecule has 0 bridgehead atoms. The van der Waals surface area contributed by atoms with Gasteiger partial charge in [0.05, 0.1) is 5.56 Å². The molecule has 1 aromatic rings. The summed E-state index contributed by atoms with van der Waals surface area (Å²) < 4.78 is 0. The zero-order valence-corrected chi connectivity index (χ0v) is 15.2. The van der Waals surface area contributed by atoms with Gasteiger partial charge in [-0.2, -0.15) is 0 Å². The van der Waals surface area contributed by atoms with Crippen LogP contribution in [0.5, 0.6) is 0 Å². The van der Waals surface area contributed by atoms with E-state index in [1.54, 1.807) is 0 Å². The van der Waals surface area contributed by atoms with Crippen LogP contribution in [0.1, 0.15) is 79.1 Å². The van der Waals surface area contributed by atoms with Gasteiger partial charge in [0.2, 0.25) is 5.91 Å². The molecule has 1 fully saturated rings. The zero-order valence-electron chi connectivity index (χ0n) is 14.4. The topological polar surface area (TPSA) is 66.4 Å². The van der Waals surface area contributed by atoms with Crippen molar-refractivity contribution in [1.82, 2.24) is 0 Å². The number of hydrogen-bond acceptors (Lipinski definition) is 3. The second kappa shape index (κ2) is 7.68. The van der Waals surface area contributed by atoms with Gasteiger partial charge in [0.1, 0.15) is 5.00 Å². The van der Waals surface area contributed by atoms with Gasteiger partial charge in [-0.25, -0.2) is 4.79 Å². The number of carboxylic acid groups (broad SMARTS) is 1. The minimum Gasteiger partial charge on any atom is -0.478 e. The van der Waals surface area contributed by atoms with Gasteiger partial charge < -0.3 is 10.4 Å². The Bertz CT molecular complexity index is 616. The van der Waals surface area contributed by atoms with Crippen molar-refractivity contribution in [1.29, 1.82) is 0 Å². The number of amides is 1. The van der Waals surface area contributed by atoms with Crippen LogP contribution in [0, 0.1) is 11.8 Å². The highest BCUT2D eigenvalue weighted by atomic mass is 32.1. The molecule has 1 unspecified atom stereocenters. The molecular weight excluding hydrogens is 322 g/mol. The van der Waals surface area contributed by atoms with Gasteiger partial charge in [0.15, 0.2) is 0 Å². The van der Waals surface area contributed by atoms with Gasteiger partial charge >= 0.3 is 5.97 Å². The zero-order chi connectivity index (χ0) is 17.1. The molecule has 24 heavy (non-hydrogen) atoms. The predicted molar refractivity (Wildman–Crippen MR) is 96.9 cm³/mol. The molecule has 0 radical (unpaired) electrons. The Morgan fingerprint density at radius 3 is 2.67 bits per heavy atom. The average Bonchev–Trinajstić information content (AvgIpc) is 2.90. The third-order valence-electron chi connectivity index (χ3n) is 5.48. The number of aromatic carboxylic acids is 1. The largest absolute Gasteiger partial charge is 0.478 e. The number of rotatable bonds is 5. The Morgan fingerprint density at radius 1 is 1.21 bits per heavy atom. The van der Waals surface area contributed by atoms with Crippen LogP contribution in [0.3, 0.4) is 0 Å². The fourth-order valence-electron chi connectivity index (χ4n) is 4.07. The van der Waals surface area contributed by atoms with Crippen molar-refractivity contribution < 1.29 is 14.7 Å². The summed E-state index contributed by atoms with van der Waals surface area (Å²) in [4.78, 5) is 25.1. The van der Waals surface area contributed by atoms with Crippen LogP contribution in [-0.4, -0.2) is 17.0 Å². The number of anilines is 1. The number of nitrogens with one attached hydrogen (secondary N) is 1. The summed E-state index contributed by atoms with van der Waals surface area (Å²) in [6.45, 7) is 2.20. The first kappa shape index (κ1) is 17.5. The lowest BCUT2D eigenvalue weighted by atomic mass is 9.86. The predicted octanol–water partition coefficient (Wildman–Crippen LogP) is 4.87. The maximum atomic E-state index is 12.3. The third-order valence-corrected chi connectivity index (χ3v) is 6.65. The van der Waals surface area contributed by atoms with E-state index >= 15 is 0 Å². The van der Waals surface area contributed by atoms with E-state index in [0.717, 1.165) is 36.1 Å². The Morgan fingerprint density at radius 2 is 1.96 bits per heavy atom. The molecular formula is C19H27NO3S. The number of thiophene rings is 1. The van der Waals surface area contributed by atoms with Crippen LogP contribution < -0.4 is 5.32 Å². The molecule has 1 aromatic heterocycles. The van der Waals surface area contributed by atoms with Crippen molar-refractivity contribution >= 4 is 28.2 Å². The fourth-order valence-corrected chi connectivity index (χ4v) is 5.48. The third kappa shape index (κ3) is 4.00. The average molecular weight is 349 g/mol. The molecule has 0 spiro atoms. The van der Waals surface area contributed by atoms with Crippen molar-refractivity contribution in [3.05, 3.63) is 16.0 Å². The summed E-state index contributed by atoms with van der Waals surface area (Å²) >= 11 is 1.47. The number of carbonyl (C=O) groups excluding carboxylic acids is 1. The maximum Gasteiger partial charge on any atom is 0.339 e. The minimum absolute atomic E-state index is 0.0327. The van der Waals surface area contributed by atoms with Crippen molar-refractivity contribution in [3.63, 3.8) is 0 Å². The summed E-state index contributed by atoms with van der Waals surface area (Å²) in [6.07, 6.45) is 10.6. The highest BCUT2D eigenvalue weighted by Crippen LogP contribution is 2.39. The molecule has 132 valence electrons. The summed E-state index contributed by atoms with van der Waals surface area (Å²) in [7, 11) is 0. The van der Waals surface area contributed by atoms with Gasteiger partial charge in [0.25, 0.3) is 0 Å². The lowest BCUT2D eigenvalue weighted by Gasteiger charge is -2.20. The first-order chi connectivity index (χ1) is 11.5. The normalized spacial score (nSPS) is 21.3. The van der Waals surface area contributed by atoms with Crippen molar-refractivity contribution in [2.45, 2.75) is 71.1 Å². The van der Waals surface area contributed by atoms with Crippen molar-refractivity contribution in [2.75, 3.05) is 5.32 Å². The molecule has 0 aliphatic heterocycles. The van der Waals surface area contributed by atoms with E-state index in [4.69, 9.17) is 0 Å². The standard InChI is InChI=1S/C19H27NO3S/c1-12-7-9-14-15(11-12)24-18(17(14)19(22)23)20-16(21)10-8-13-5-3-2-4-6-13/h12-13H,2-11H2,1H3,(H,20,21)(H,22,23). The highest BCUT2D eigenvalue weighted by molar-refractivity contribution is 7.17. The van der Waals surface area contributed by atoms with Gasteiger partial charge in [-0.05, 0) is 43.1 Å². The van der Waals surface area contributed by atoms with Gasteiger partial charge in [0, 0.05) is 11.3 Å². The van der Waals surface area contributed by atoms with Gasteiger partial charge in [-0.15, -0.1) is 11.3 Å². The van der Waals surface area contributed by atoms with Gasteiger partial charge in [-0.3, -0.25) is 4.79 Å². The molecule has 2 N–H and O–H groups in total. The molecule has 3 rings (SSSR count). The Labute approximate surface area is 147 Å². The molecule has 0 aromatic carbocycles. The van der Waals surface area contributed by atoms with Crippen LogP contribution in [0.4, 0.5) is 5.00 Å². The highest BCUT2D eigenvalue weighted by Gasteiger charge is 2.28. The van der Waals surface area contributed by atoms with E-state index in [2.05, 4.69) is 12.2 Å². The molecule has 2 aliphatic rings. The number of hydrogen-bond donors (Lipinski definition) is 2. The number of fused-ring (bicyclic) bond motifs is 1. The first-order valence-corrected chi connectivity index (χ1v) is 10.0. The lowest BCUT2D eigenvalue weighted by molar-refractivity contribution is -0.116. The second-order valence-electron chi connectivity index (χ2n) is 7.45. The second-order valence-corrected chi connectivity index (χ2v) is 8.56. The SMILES string of the molecule is CC1CCc2c(sc(NC(=O)CCC3CCCCC3)c2C(=O)O)C1. The number of carbonyl (C=O) groups is 2. The quantitative estimate of drug-likeness (QED) is 0.797. The Balaban J connectivity index is 1.65. The van der Waals surface area contributed by atoms with Crippen LogP contribution in [-0.2, 0) is 17.6 Å². The molecule has 1 heterocycles. The molecule has 1 saturated carbocycles. The van der Waals surface area contributed by atoms with Crippen LogP contribution in [0.25, 0.3) is 0 Å². The van der Waals surface area contributed by atoms with E-state index in [-0.39, 0.29) is 5.91 Å². The van der Waals surface area contributed by atoms with E-state index < -0.39 is 5.97 Å². The van der Waals surface area contributed by atoms with E-state index in [9.17, 15) is 14.7 Å². The fraction of sp³-hybridized carbons (Fsp3) is 0.684. The molecule has 0 saturated heterocycles. The minimum atomic E-state index is -0.912. The molecule has 1 amide bonds. The molecule has 5 heteroatoms. The van der Waals surface area contributed by atoms with E-state index in [0.29, 0.717) is 28.8 Å². The maximum absolute atomic E-state index is 12.3. The van der Waals surface area contributed by atoms with Crippen LogP contribution in [0.15, 0.2) is 0 Å². The Hall–Kier alpha value is -1.36. The molecule has 1 atom stereocenters. The molecule has 4 nitrogen and oxygen atoms in total. The van der Waals surface area contributed by atoms with E-state index in [1.807, 2.05) is 0 Å². The Kier molecular flexibility index (Phi) is 5.59.